The Morgan fingerprint density at radius 1 is 1.19 bits per heavy atom. The van der Waals surface area contributed by atoms with Crippen molar-refractivity contribution in [3.05, 3.63) is 59.9 Å². The fourth-order valence-corrected chi connectivity index (χ4v) is 3.54. The van der Waals surface area contributed by atoms with E-state index in [0.717, 1.165) is 0 Å². The van der Waals surface area contributed by atoms with Crippen LogP contribution in [-0.2, 0) is 21.7 Å². The molecule has 1 atom stereocenters. The van der Waals surface area contributed by atoms with Crippen molar-refractivity contribution in [3.8, 4) is 11.4 Å². The smallest absolute Gasteiger partial charge is 0.329 e. The number of hydrogen-bond acceptors (Lipinski definition) is 6. The van der Waals surface area contributed by atoms with E-state index in [1.54, 1.807) is 6.07 Å². The molecule has 1 unspecified atom stereocenters. The van der Waals surface area contributed by atoms with Gasteiger partial charge in [0.05, 0.1) is 15.5 Å². The summed E-state index contributed by atoms with van der Waals surface area (Å²) >= 11 is 0. The Kier molecular flexibility index (Phi) is 4.96. The molecule has 0 saturated carbocycles. The maximum absolute atomic E-state index is 13.7. The van der Waals surface area contributed by atoms with Crippen LogP contribution in [0.4, 0.5) is 23.4 Å². The zero-order valence-electron chi connectivity index (χ0n) is 13.8. The summed E-state index contributed by atoms with van der Waals surface area (Å²) in [6.45, 7) is 0. The van der Waals surface area contributed by atoms with Crippen LogP contribution >= 0.6 is 0 Å². The maximum atomic E-state index is 13.7. The second kappa shape index (κ2) is 7.06. The number of halogens is 4. The molecule has 3 rings (SSSR count). The maximum Gasteiger partial charge on any atom is 0.471 e. The molecule has 0 saturated heterocycles. The summed E-state index contributed by atoms with van der Waals surface area (Å²) in [6, 6.07) is 8.65. The first-order chi connectivity index (χ1) is 12.6. The molecule has 11 heteroatoms. The fraction of sp³-hybridized carbons (Fsp3) is 0.188. The number of pyridine rings is 1. The van der Waals surface area contributed by atoms with E-state index in [1.807, 2.05) is 0 Å². The minimum Gasteiger partial charge on any atom is -0.329 e. The monoisotopic (exact) mass is 400 g/mol. The van der Waals surface area contributed by atoms with Gasteiger partial charge in [-0.1, -0.05) is 23.4 Å². The molecule has 2 aromatic heterocycles. The lowest BCUT2D eigenvalue weighted by Crippen LogP contribution is -2.04. The molecule has 0 bridgehead atoms. The van der Waals surface area contributed by atoms with E-state index in [-0.39, 0.29) is 28.5 Å². The fourth-order valence-electron chi connectivity index (χ4n) is 2.16. The van der Waals surface area contributed by atoms with Crippen molar-refractivity contribution in [2.45, 2.75) is 11.9 Å². The molecule has 0 amide bonds. The van der Waals surface area contributed by atoms with Gasteiger partial charge < -0.3 is 4.52 Å². The van der Waals surface area contributed by atoms with Crippen LogP contribution in [0.25, 0.3) is 11.4 Å². The predicted octanol–water partition coefficient (Wildman–Crippen LogP) is 4.22. The molecule has 0 radical (unpaired) electrons. The Morgan fingerprint density at radius 2 is 1.93 bits per heavy atom. The Labute approximate surface area is 151 Å². The van der Waals surface area contributed by atoms with Crippen LogP contribution in [0.5, 0.6) is 0 Å². The van der Waals surface area contributed by atoms with Gasteiger partial charge in [-0.3, -0.25) is 0 Å². The molecular weight excluding hydrogens is 388 g/mol. The van der Waals surface area contributed by atoms with Gasteiger partial charge in [0.15, 0.2) is 5.82 Å². The molecule has 0 fully saturated rings. The second-order valence-corrected chi connectivity index (χ2v) is 8.00. The summed E-state index contributed by atoms with van der Waals surface area (Å²) in [6.07, 6.45) is -2.19. The quantitative estimate of drug-likeness (QED) is 0.613. The number of rotatable bonds is 4. The Morgan fingerprint density at radius 3 is 2.52 bits per heavy atom. The molecular formula is C16H12F4N4O2S. The van der Waals surface area contributed by atoms with Gasteiger partial charge in [-0.05, 0) is 18.2 Å². The average molecular weight is 400 g/mol. The lowest BCUT2D eigenvalue weighted by molar-refractivity contribution is -0.159. The van der Waals surface area contributed by atoms with Crippen molar-refractivity contribution in [1.29, 1.82) is 0 Å². The number of benzene rings is 1. The Balaban J connectivity index is 1.82. The molecule has 0 aliphatic rings. The van der Waals surface area contributed by atoms with Gasteiger partial charge in [0, 0.05) is 23.6 Å². The molecule has 27 heavy (non-hydrogen) atoms. The van der Waals surface area contributed by atoms with E-state index in [1.165, 1.54) is 42.8 Å². The summed E-state index contributed by atoms with van der Waals surface area (Å²) < 4.78 is 71.9. The molecule has 1 aromatic carbocycles. The highest BCUT2D eigenvalue weighted by molar-refractivity contribution is 7.92. The van der Waals surface area contributed by atoms with E-state index in [2.05, 4.69) is 24.0 Å². The molecule has 2 heterocycles. The third-order valence-electron chi connectivity index (χ3n) is 3.34. The highest BCUT2D eigenvalue weighted by Gasteiger charge is 2.38. The van der Waals surface area contributed by atoms with Crippen LogP contribution in [0, 0.1) is 5.82 Å². The lowest BCUT2D eigenvalue weighted by Gasteiger charge is -2.05. The van der Waals surface area contributed by atoms with Gasteiger partial charge in [0.25, 0.3) is 0 Å². The zero-order valence-corrected chi connectivity index (χ0v) is 14.6. The topological polar surface area (TPSA) is 81.2 Å². The first-order valence-corrected chi connectivity index (χ1v) is 9.54. The van der Waals surface area contributed by atoms with Crippen LogP contribution in [0.1, 0.15) is 11.5 Å². The van der Waals surface area contributed by atoms with Crippen LogP contribution in [0.3, 0.4) is 0 Å². The molecule has 0 N–H and O–H groups in total. The van der Waals surface area contributed by atoms with Crippen LogP contribution in [-0.4, -0.2) is 25.6 Å². The molecule has 142 valence electrons. The Hall–Kier alpha value is -2.82. The average Bonchev–Trinajstić information content (AvgIpc) is 3.07. The normalized spacial score (nSPS) is 14.0. The first kappa shape index (κ1) is 19.0. The first-order valence-electron chi connectivity index (χ1n) is 7.45. The molecule has 0 aliphatic heterocycles. The van der Waals surface area contributed by atoms with Crippen molar-refractivity contribution in [1.82, 2.24) is 15.1 Å². The van der Waals surface area contributed by atoms with Gasteiger partial charge in [0.2, 0.25) is 5.82 Å². The van der Waals surface area contributed by atoms with Crippen LogP contribution in [0.15, 0.2) is 51.5 Å². The van der Waals surface area contributed by atoms with E-state index in [0.29, 0.717) is 0 Å². The highest BCUT2D eigenvalue weighted by atomic mass is 32.2. The van der Waals surface area contributed by atoms with Crippen LogP contribution in [0.2, 0.25) is 0 Å². The van der Waals surface area contributed by atoms with Crippen molar-refractivity contribution >= 4 is 15.5 Å². The third kappa shape index (κ3) is 4.67. The summed E-state index contributed by atoms with van der Waals surface area (Å²) in [5.41, 5.74) is 0.432. The van der Waals surface area contributed by atoms with Gasteiger partial charge in [0.1, 0.15) is 5.82 Å². The largest absolute Gasteiger partial charge is 0.471 e. The van der Waals surface area contributed by atoms with E-state index in [4.69, 9.17) is 0 Å². The van der Waals surface area contributed by atoms with Gasteiger partial charge in [-0.25, -0.2) is 13.6 Å². The van der Waals surface area contributed by atoms with E-state index in [9.17, 15) is 21.8 Å². The number of aromatic nitrogens is 3. The van der Waals surface area contributed by atoms with Crippen molar-refractivity contribution in [2.75, 3.05) is 6.26 Å². The van der Waals surface area contributed by atoms with Gasteiger partial charge >= 0.3 is 12.1 Å². The minimum atomic E-state index is -4.74. The third-order valence-corrected chi connectivity index (χ3v) is 4.76. The van der Waals surface area contributed by atoms with Crippen molar-refractivity contribution in [2.24, 2.45) is 4.36 Å². The molecule has 0 spiro atoms. The summed E-state index contributed by atoms with van der Waals surface area (Å²) in [5.74, 6) is -2.26. The SMILES string of the molecule is CS(=O)(Cc1ccccc1F)=Nc1ccc(-c2noc(C(F)(F)F)n2)cn1. The van der Waals surface area contributed by atoms with Crippen LogP contribution < -0.4 is 0 Å². The van der Waals surface area contributed by atoms with Crippen molar-refractivity contribution in [3.63, 3.8) is 0 Å². The zero-order chi connectivity index (χ0) is 19.7. The number of nitrogens with zero attached hydrogens (tertiary/aromatic N) is 4. The highest BCUT2D eigenvalue weighted by Crippen LogP contribution is 2.29. The molecule has 0 aliphatic carbocycles. The summed E-state index contributed by atoms with van der Waals surface area (Å²) in [5, 5.41) is 3.25. The van der Waals surface area contributed by atoms with E-state index >= 15 is 0 Å². The predicted molar refractivity (Wildman–Crippen MR) is 88.8 cm³/mol. The number of hydrogen-bond donors (Lipinski definition) is 0. The standard InChI is InChI=1S/C16H12F4N4O2S/c1-27(25,9-11-4-2-3-5-12(11)17)24-13-7-6-10(8-21-13)14-22-15(26-23-14)16(18,19)20/h2-8H,9H2,1H3. The minimum absolute atomic E-state index is 0.0853. The molecule has 6 nitrogen and oxygen atoms in total. The van der Waals surface area contributed by atoms with Gasteiger partial charge in [-0.2, -0.15) is 22.5 Å². The Bertz CT molecular complexity index is 1070. The number of alkyl halides is 3. The summed E-state index contributed by atoms with van der Waals surface area (Å²) in [7, 11) is -2.83. The van der Waals surface area contributed by atoms with Gasteiger partial charge in [-0.15, -0.1) is 0 Å². The summed E-state index contributed by atoms with van der Waals surface area (Å²) in [4.78, 5) is 7.18. The second-order valence-electron chi connectivity index (χ2n) is 5.61. The van der Waals surface area contributed by atoms with E-state index < -0.39 is 27.6 Å². The lowest BCUT2D eigenvalue weighted by atomic mass is 10.2. The molecule has 3 aromatic rings. The van der Waals surface area contributed by atoms with Crippen molar-refractivity contribution < 1.29 is 26.3 Å².